The van der Waals surface area contributed by atoms with Gasteiger partial charge >= 0.3 is 12.0 Å². The number of azo groups is 1. The van der Waals surface area contributed by atoms with Gasteiger partial charge in [-0.1, -0.05) is 21.0 Å². The number of aromatic amines is 1. The maximum Gasteiger partial charge on any atom is 0.453 e. The number of nitrogens with one attached hydrogen (secondary N) is 1. The zero-order valence-electron chi connectivity index (χ0n) is 15.3. The number of hydrogen-bond donors (Lipinski definition) is 2. The van der Waals surface area contributed by atoms with Crippen LogP contribution in [0.5, 0.6) is 5.88 Å². The van der Waals surface area contributed by atoms with Crippen LogP contribution in [0, 0.1) is 0 Å². The Balaban J connectivity index is 1.78. The van der Waals surface area contributed by atoms with Crippen molar-refractivity contribution in [2.45, 2.75) is 13.0 Å². The van der Waals surface area contributed by atoms with Crippen molar-refractivity contribution in [2.24, 2.45) is 15.2 Å². The molecule has 2 aliphatic rings. The number of aromatic hydroxyl groups is 1. The minimum absolute atomic E-state index is 0.119. The maximum atomic E-state index is 12.6. The Hall–Kier alpha value is -3.08. The van der Waals surface area contributed by atoms with Crippen LogP contribution in [-0.4, -0.2) is 74.9 Å². The van der Waals surface area contributed by atoms with Gasteiger partial charge in [0.25, 0.3) is 5.91 Å². The number of rotatable bonds is 2. The number of guanidine groups is 1. The summed E-state index contributed by atoms with van der Waals surface area (Å²) in [7, 11) is 3.00. The van der Waals surface area contributed by atoms with E-state index in [2.05, 4.69) is 36.1 Å². The number of carbonyl (C=O) groups excluding carboxylic acids is 2. The molecule has 144 valence electrons. The number of likely N-dealkylation sites (N-methyl/N-ethyl adjacent to an activating group) is 3. The molecule has 3 amide bonds. The number of nitrogens with zero attached hydrogens (tertiary/aromatic N) is 6. The van der Waals surface area contributed by atoms with Crippen LogP contribution >= 0.6 is 15.9 Å². The van der Waals surface area contributed by atoms with E-state index in [1.165, 1.54) is 11.9 Å². The van der Waals surface area contributed by atoms with E-state index < -0.39 is 12.1 Å². The molecular weight excluding hydrogens is 430 g/mol. The molecule has 0 saturated carbocycles. The predicted octanol–water partition coefficient (Wildman–Crippen LogP) is 2.41. The molecule has 1 fully saturated rings. The lowest BCUT2D eigenvalue weighted by molar-refractivity contribution is -0.532. The van der Waals surface area contributed by atoms with Crippen molar-refractivity contribution in [3.05, 3.63) is 22.7 Å². The number of halogens is 1. The van der Waals surface area contributed by atoms with E-state index in [9.17, 15) is 14.7 Å². The van der Waals surface area contributed by atoms with Crippen LogP contribution in [0.1, 0.15) is 6.92 Å². The molecule has 28 heavy (non-hydrogen) atoms. The fourth-order valence-electron chi connectivity index (χ4n) is 3.32. The van der Waals surface area contributed by atoms with Crippen LogP contribution in [0.25, 0.3) is 10.9 Å². The summed E-state index contributed by atoms with van der Waals surface area (Å²) in [4.78, 5) is 34.4. The quantitative estimate of drug-likeness (QED) is 0.544. The van der Waals surface area contributed by atoms with Crippen LogP contribution in [-0.2, 0) is 4.79 Å². The van der Waals surface area contributed by atoms with Gasteiger partial charge in [-0.25, -0.2) is 9.37 Å². The molecule has 3 heterocycles. The first-order valence-corrected chi connectivity index (χ1v) is 9.32. The van der Waals surface area contributed by atoms with Gasteiger partial charge in [0.15, 0.2) is 5.69 Å². The number of aromatic nitrogens is 1. The molecule has 1 unspecified atom stereocenters. The van der Waals surface area contributed by atoms with Gasteiger partial charge in [-0.3, -0.25) is 14.6 Å². The van der Waals surface area contributed by atoms with E-state index >= 15 is 0 Å². The molecule has 0 spiro atoms. The summed E-state index contributed by atoms with van der Waals surface area (Å²) in [5.41, 5.74) is 0.975. The third kappa shape index (κ3) is 2.61. The Morgan fingerprint density at radius 1 is 1.29 bits per heavy atom. The van der Waals surface area contributed by atoms with Crippen molar-refractivity contribution >= 4 is 56.3 Å². The lowest BCUT2D eigenvalue weighted by atomic mass is 10.1. The summed E-state index contributed by atoms with van der Waals surface area (Å²) in [5, 5.41) is 19.2. The Bertz CT molecular complexity index is 1120. The average Bonchev–Trinajstić information content (AvgIpc) is 3.19. The number of imide groups is 1. The van der Waals surface area contributed by atoms with Gasteiger partial charge in [0.2, 0.25) is 17.8 Å². The third-order valence-electron chi connectivity index (χ3n) is 4.80. The Morgan fingerprint density at radius 2 is 2.04 bits per heavy atom. The highest BCUT2D eigenvalue weighted by Gasteiger charge is 2.51. The average molecular weight is 447 g/mol. The lowest BCUT2D eigenvalue weighted by Gasteiger charge is -2.31. The molecule has 4 rings (SSSR count). The second-order valence-corrected chi connectivity index (χ2v) is 7.33. The molecule has 2 N–H and O–H groups in total. The Labute approximate surface area is 168 Å². The number of aliphatic imine (C=N–C) groups is 1. The summed E-state index contributed by atoms with van der Waals surface area (Å²) >= 11 is 3.40. The van der Waals surface area contributed by atoms with E-state index in [1.807, 2.05) is 25.1 Å². The molecule has 1 aromatic heterocycles. The number of benzene rings is 1. The molecule has 10 nitrogen and oxygen atoms in total. The third-order valence-corrected chi connectivity index (χ3v) is 5.30. The first-order valence-electron chi connectivity index (χ1n) is 8.52. The van der Waals surface area contributed by atoms with Gasteiger partial charge < -0.3 is 10.1 Å². The number of carbonyl (C=O) groups is 2. The molecule has 1 saturated heterocycles. The van der Waals surface area contributed by atoms with Gasteiger partial charge in [-0.15, -0.1) is 0 Å². The molecule has 1 aromatic carbocycles. The van der Waals surface area contributed by atoms with Crippen molar-refractivity contribution in [3.8, 4) is 5.88 Å². The second kappa shape index (κ2) is 6.51. The van der Waals surface area contributed by atoms with Crippen LogP contribution in [0.2, 0.25) is 0 Å². The highest BCUT2D eigenvalue weighted by Crippen LogP contribution is 2.37. The summed E-state index contributed by atoms with van der Waals surface area (Å²) in [5.74, 6) is 0.0313. The Morgan fingerprint density at radius 3 is 2.75 bits per heavy atom. The topological polar surface area (TPSA) is 117 Å². The number of fused-ring (bicyclic) bond motifs is 2. The molecule has 0 radical (unpaired) electrons. The zero-order valence-corrected chi connectivity index (χ0v) is 16.9. The van der Waals surface area contributed by atoms with Gasteiger partial charge in [-0.05, 0) is 30.1 Å². The van der Waals surface area contributed by atoms with Crippen LogP contribution in [0.15, 0.2) is 37.9 Å². The predicted molar refractivity (Wildman–Crippen MR) is 105 cm³/mol. The number of hydrogen-bond acceptors (Lipinski definition) is 6. The van der Waals surface area contributed by atoms with Crippen LogP contribution in [0.3, 0.4) is 0 Å². The summed E-state index contributed by atoms with van der Waals surface area (Å²) in [6.45, 7) is 2.30. The largest absolute Gasteiger partial charge is 0.493 e. The highest BCUT2D eigenvalue weighted by molar-refractivity contribution is 9.10. The molecule has 11 heteroatoms. The normalized spacial score (nSPS) is 20.0. The maximum absolute atomic E-state index is 12.6. The molecular formula is C17H17BrN7O3+. The van der Waals surface area contributed by atoms with Crippen molar-refractivity contribution in [1.29, 1.82) is 0 Å². The smallest absolute Gasteiger partial charge is 0.453 e. The van der Waals surface area contributed by atoms with Gasteiger partial charge in [0, 0.05) is 29.1 Å². The van der Waals surface area contributed by atoms with E-state index in [0.29, 0.717) is 23.3 Å². The summed E-state index contributed by atoms with van der Waals surface area (Å²) < 4.78 is 2.50. The number of urea groups is 1. The minimum Gasteiger partial charge on any atom is -0.493 e. The van der Waals surface area contributed by atoms with E-state index in [1.54, 1.807) is 11.6 Å². The molecule has 1 atom stereocenters. The van der Waals surface area contributed by atoms with Crippen molar-refractivity contribution in [1.82, 2.24) is 14.8 Å². The van der Waals surface area contributed by atoms with Gasteiger partial charge in [-0.2, -0.15) is 0 Å². The Kier molecular flexibility index (Phi) is 4.26. The molecule has 0 bridgehead atoms. The first-order chi connectivity index (χ1) is 13.3. The van der Waals surface area contributed by atoms with E-state index in [0.717, 1.165) is 9.37 Å². The van der Waals surface area contributed by atoms with E-state index in [4.69, 9.17) is 0 Å². The SMILES string of the molecule is CC[N+]1=C(N=Nc2c(O)[nH]c3ccc(Br)cc23)N=C2C1C(=O)N(C)C(=O)N2C. The number of H-pyrrole nitrogens is 1. The lowest BCUT2D eigenvalue weighted by Crippen LogP contribution is -2.61. The second-order valence-electron chi connectivity index (χ2n) is 6.41. The number of amidine groups is 1. The first kappa shape index (κ1) is 18.3. The van der Waals surface area contributed by atoms with Crippen LogP contribution in [0.4, 0.5) is 10.5 Å². The fourth-order valence-corrected chi connectivity index (χ4v) is 3.68. The van der Waals surface area contributed by atoms with Crippen molar-refractivity contribution in [3.63, 3.8) is 0 Å². The summed E-state index contributed by atoms with van der Waals surface area (Å²) in [6, 6.07) is 4.29. The minimum atomic E-state index is -0.725. The number of amides is 3. The monoisotopic (exact) mass is 446 g/mol. The molecule has 2 aromatic rings. The highest BCUT2D eigenvalue weighted by atomic mass is 79.9. The summed E-state index contributed by atoms with van der Waals surface area (Å²) in [6.07, 6.45) is 0. The van der Waals surface area contributed by atoms with Gasteiger partial charge in [0.1, 0.15) is 0 Å². The van der Waals surface area contributed by atoms with Crippen molar-refractivity contribution in [2.75, 3.05) is 20.6 Å². The fraction of sp³-hybridized carbons (Fsp3) is 0.294. The molecule has 0 aliphatic carbocycles. The van der Waals surface area contributed by atoms with E-state index in [-0.39, 0.29) is 23.4 Å². The standard InChI is InChI=1S/C17H16BrN7O3/c1-4-25-12-13(23(2)17(28)24(3)15(12)27)20-16(25)22-21-11-9-7-8(18)5-6-10(9)19-14(11)26/h5-7,12H,4H2,1-3H3,(H,19,21,26)/p+1. The zero-order chi connectivity index (χ0) is 20.2. The van der Waals surface area contributed by atoms with Crippen molar-refractivity contribution < 1.29 is 19.3 Å². The molecule has 2 aliphatic heterocycles. The van der Waals surface area contributed by atoms with Crippen LogP contribution < -0.4 is 0 Å². The van der Waals surface area contributed by atoms with Gasteiger partial charge in [0.05, 0.1) is 12.1 Å².